The van der Waals surface area contributed by atoms with Gasteiger partial charge in [-0.2, -0.15) is 0 Å². The molecule has 0 saturated heterocycles. The number of aliphatic hydroxyl groups is 1. The van der Waals surface area contributed by atoms with Gasteiger partial charge < -0.3 is 5.11 Å². The van der Waals surface area contributed by atoms with Crippen molar-refractivity contribution in [2.45, 2.75) is 19.8 Å². The van der Waals surface area contributed by atoms with Crippen LogP contribution in [0.5, 0.6) is 0 Å². The average Bonchev–Trinajstić information content (AvgIpc) is 1.41. The van der Waals surface area contributed by atoms with E-state index in [9.17, 15) is 0 Å². The third-order valence-corrected chi connectivity index (χ3v) is 0.512. The number of aliphatic hydroxyl groups excluding tert-OH is 1. The van der Waals surface area contributed by atoms with E-state index in [0.717, 1.165) is 12.8 Å². The first-order valence-electron chi connectivity index (χ1n) is 2.02. The Morgan fingerprint density at radius 1 is 1.50 bits per heavy atom. The maximum atomic E-state index is 8.07. The zero-order valence-electron chi connectivity index (χ0n) is 4.57. The standard InChI is InChI=1S/C4H10O.Rb/c1-2-3-4-5;/h5H,2-4H2,1H3;. The second kappa shape index (κ2) is 9.90. The number of hydrogen-bond donors (Lipinski definition) is 1. The number of hydrogen-bond acceptors (Lipinski definition) is 1. The fourth-order valence-corrected chi connectivity index (χ4v) is 0.158. The van der Waals surface area contributed by atoms with Crippen molar-refractivity contribution in [3.63, 3.8) is 0 Å². The van der Waals surface area contributed by atoms with Crippen molar-refractivity contribution < 1.29 is 5.11 Å². The molecule has 0 heterocycles. The summed E-state index contributed by atoms with van der Waals surface area (Å²) in [5.74, 6) is 0. The van der Waals surface area contributed by atoms with Crippen LogP contribution in [0.15, 0.2) is 0 Å². The second-order valence-electron chi connectivity index (χ2n) is 1.08. The summed E-state index contributed by atoms with van der Waals surface area (Å²) in [7, 11) is 0. The molecule has 0 bridgehead atoms. The monoisotopic (exact) mass is 159 g/mol. The van der Waals surface area contributed by atoms with Gasteiger partial charge in [-0.25, -0.2) is 0 Å². The van der Waals surface area contributed by atoms with Gasteiger partial charge in [0.1, 0.15) is 0 Å². The van der Waals surface area contributed by atoms with E-state index in [0.29, 0.717) is 6.61 Å². The molecule has 0 amide bonds. The molecule has 0 rings (SSSR count). The van der Waals surface area contributed by atoms with Crippen LogP contribution in [0.4, 0.5) is 0 Å². The van der Waals surface area contributed by atoms with Gasteiger partial charge in [-0.1, -0.05) is 13.3 Å². The largest absolute Gasteiger partial charge is 0.396 e. The predicted molar refractivity (Wildman–Crippen MR) is 27.7 cm³/mol. The van der Waals surface area contributed by atoms with E-state index in [-0.39, 0.29) is 58.2 Å². The molecule has 0 aromatic rings. The van der Waals surface area contributed by atoms with Crippen molar-refractivity contribution >= 4 is 58.2 Å². The van der Waals surface area contributed by atoms with Gasteiger partial charge >= 0.3 is 0 Å². The summed E-state index contributed by atoms with van der Waals surface area (Å²) in [6, 6.07) is 0. The second-order valence-corrected chi connectivity index (χ2v) is 1.08. The van der Waals surface area contributed by atoms with Gasteiger partial charge in [-0.3, -0.25) is 0 Å². The maximum absolute atomic E-state index is 8.07. The Kier molecular flexibility index (Phi) is 17.6. The van der Waals surface area contributed by atoms with E-state index in [1.54, 1.807) is 0 Å². The third-order valence-electron chi connectivity index (χ3n) is 0.512. The topological polar surface area (TPSA) is 20.2 Å². The predicted octanol–water partition coefficient (Wildman–Crippen LogP) is 0.398. The van der Waals surface area contributed by atoms with Crippen LogP contribution in [0.2, 0.25) is 0 Å². The summed E-state index contributed by atoms with van der Waals surface area (Å²) in [4.78, 5) is 0. The summed E-state index contributed by atoms with van der Waals surface area (Å²) >= 11 is 0. The van der Waals surface area contributed by atoms with Crippen molar-refractivity contribution in [3.05, 3.63) is 0 Å². The van der Waals surface area contributed by atoms with Crippen LogP contribution in [0.25, 0.3) is 0 Å². The van der Waals surface area contributed by atoms with Gasteiger partial charge in [0.15, 0.2) is 0 Å². The van der Waals surface area contributed by atoms with Crippen molar-refractivity contribution in [1.82, 2.24) is 0 Å². The first kappa shape index (κ1) is 10.7. The molecule has 0 unspecified atom stereocenters. The molecule has 2 heteroatoms. The molecule has 0 aromatic heterocycles. The fraction of sp³-hybridized carbons (Fsp3) is 1.00. The van der Waals surface area contributed by atoms with E-state index in [1.165, 1.54) is 0 Å². The average molecular weight is 160 g/mol. The Bertz CT molecular complexity index is 15.0. The quantitative estimate of drug-likeness (QED) is 0.619. The number of unbranched alkanes of at least 4 members (excludes halogenated alkanes) is 1. The number of rotatable bonds is 2. The first-order valence-corrected chi connectivity index (χ1v) is 2.02. The van der Waals surface area contributed by atoms with Gasteiger partial charge in [0.2, 0.25) is 0 Å². The fourth-order valence-electron chi connectivity index (χ4n) is 0.158. The van der Waals surface area contributed by atoms with Crippen molar-refractivity contribution in [2.24, 2.45) is 0 Å². The smallest absolute Gasteiger partial charge is 0.0430 e. The molecule has 0 saturated carbocycles. The Morgan fingerprint density at radius 3 is 2.00 bits per heavy atom. The Balaban J connectivity index is 0. The Hall–Kier alpha value is 1.77. The van der Waals surface area contributed by atoms with E-state index >= 15 is 0 Å². The van der Waals surface area contributed by atoms with Gasteiger partial charge in [0, 0.05) is 64.8 Å². The molecular formula is C4H10ORb. The maximum Gasteiger partial charge on any atom is 0.0430 e. The summed E-state index contributed by atoms with van der Waals surface area (Å²) in [6.45, 7) is 2.40. The van der Waals surface area contributed by atoms with Crippen LogP contribution in [0.1, 0.15) is 19.8 Å². The summed E-state index contributed by atoms with van der Waals surface area (Å²) < 4.78 is 0. The van der Waals surface area contributed by atoms with Crippen LogP contribution >= 0.6 is 0 Å². The zero-order chi connectivity index (χ0) is 4.12. The Labute approximate surface area is 87.9 Å². The molecular weight excluding hydrogens is 150 g/mol. The minimum Gasteiger partial charge on any atom is -0.396 e. The van der Waals surface area contributed by atoms with Gasteiger partial charge in [-0.15, -0.1) is 0 Å². The Morgan fingerprint density at radius 2 is 2.00 bits per heavy atom. The van der Waals surface area contributed by atoms with E-state index in [2.05, 4.69) is 6.92 Å². The molecule has 1 N–H and O–H groups in total. The van der Waals surface area contributed by atoms with Crippen LogP contribution in [0, 0.1) is 0 Å². The summed E-state index contributed by atoms with van der Waals surface area (Å²) in [6.07, 6.45) is 2.04. The van der Waals surface area contributed by atoms with Crippen molar-refractivity contribution in [1.29, 1.82) is 0 Å². The molecule has 0 aromatic carbocycles. The molecule has 33 valence electrons. The van der Waals surface area contributed by atoms with Crippen molar-refractivity contribution in [2.75, 3.05) is 6.61 Å². The molecule has 0 atom stereocenters. The molecule has 0 aliphatic carbocycles. The molecule has 0 aliphatic rings. The molecule has 1 radical (unpaired) electrons. The van der Waals surface area contributed by atoms with Crippen LogP contribution < -0.4 is 0 Å². The van der Waals surface area contributed by atoms with Gasteiger partial charge in [0.05, 0.1) is 0 Å². The summed E-state index contributed by atoms with van der Waals surface area (Å²) in [5, 5.41) is 8.07. The first-order chi connectivity index (χ1) is 2.41. The normalized spacial score (nSPS) is 7.00. The van der Waals surface area contributed by atoms with Crippen molar-refractivity contribution in [3.8, 4) is 0 Å². The minimum atomic E-state index is 0. The molecule has 0 fully saturated rings. The molecule has 1 nitrogen and oxygen atoms in total. The summed E-state index contributed by atoms with van der Waals surface area (Å²) in [5.41, 5.74) is 0. The molecule has 0 aliphatic heterocycles. The third kappa shape index (κ3) is 9.23. The van der Waals surface area contributed by atoms with Crippen LogP contribution in [-0.2, 0) is 0 Å². The molecule has 0 spiro atoms. The van der Waals surface area contributed by atoms with E-state index in [4.69, 9.17) is 5.11 Å². The van der Waals surface area contributed by atoms with E-state index < -0.39 is 0 Å². The van der Waals surface area contributed by atoms with E-state index in [1.807, 2.05) is 0 Å². The van der Waals surface area contributed by atoms with Crippen LogP contribution in [0.3, 0.4) is 0 Å². The zero-order valence-corrected chi connectivity index (χ0v) is 9.48. The SMILES string of the molecule is CCCCO.[Rb]. The minimum absolute atomic E-state index is 0. The van der Waals surface area contributed by atoms with Gasteiger partial charge in [-0.05, 0) is 6.42 Å². The van der Waals surface area contributed by atoms with Crippen LogP contribution in [-0.4, -0.2) is 69.9 Å². The van der Waals surface area contributed by atoms with Gasteiger partial charge in [0.25, 0.3) is 0 Å². The molecule has 6 heavy (non-hydrogen) atoms.